The molecule has 0 N–H and O–H groups in total. The molecular weight excluding hydrogens is 312 g/mol. The Kier molecular flexibility index (Phi) is 4.39. The van der Waals surface area contributed by atoms with Crippen molar-refractivity contribution in [2.24, 2.45) is 0 Å². The van der Waals surface area contributed by atoms with E-state index < -0.39 is 6.55 Å². The van der Waals surface area contributed by atoms with Gasteiger partial charge in [-0.05, 0) is 37.8 Å². The Morgan fingerprint density at radius 3 is 2.71 bits per heavy atom. The number of rotatable bonds is 3. The van der Waals surface area contributed by atoms with Gasteiger partial charge in [0, 0.05) is 23.5 Å². The van der Waals surface area contributed by atoms with Gasteiger partial charge in [0.2, 0.25) is 5.91 Å². The summed E-state index contributed by atoms with van der Waals surface area (Å²) in [4.78, 5) is 14.6. The van der Waals surface area contributed by atoms with E-state index >= 15 is 0 Å². The standard InChI is InChI=1S/C18H21F2N3O/c1-11-8-9-22(16-7-5-4-6-14(11)16)17(24)10-15-12(2)21-23(13(15)3)18(19)20/h4-7,11,18H,8-10H2,1-3H3. The molecule has 0 saturated carbocycles. The van der Waals surface area contributed by atoms with E-state index in [9.17, 15) is 13.6 Å². The van der Waals surface area contributed by atoms with Crippen LogP contribution in [0.4, 0.5) is 14.5 Å². The maximum atomic E-state index is 13.0. The van der Waals surface area contributed by atoms with Crippen molar-refractivity contribution in [1.29, 1.82) is 0 Å². The minimum Gasteiger partial charge on any atom is -0.312 e. The first-order chi connectivity index (χ1) is 11.4. The van der Waals surface area contributed by atoms with Crippen molar-refractivity contribution >= 4 is 11.6 Å². The molecule has 1 aliphatic rings. The molecule has 6 heteroatoms. The number of hydrogen-bond donors (Lipinski definition) is 0. The largest absolute Gasteiger partial charge is 0.333 e. The number of halogens is 2. The third kappa shape index (κ3) is 2.81. The molecule has 0 radical (unpaired) electrons. The topological polar surface area (TPSA) is 38.1 Å². The third-order valence-corrected chi connectivity index (χ3v) is 4.83. The van der Waals surface area contributed by atoms with E-state index in [-0.39, 0.29) is 12.3 Å². The van der Waals surface area contributed by atoms with Gasteiger partial charge >= 0.3 is 6.55 Å². The zero-order valence-corrected chi connectivity index (χ0v) is 14.1. The minimum absolute atomic E-state index is 0.0747. The predicted octanol–water partition coefficient (Wildman–Crippen LogP) is 3.98. The maximum absolute atomic E-state index is 13.0. The molecule has 2 heterocycles. The van der Waals surface area contributed by atoms with Gasteiger partial charge in [0.1, 0.15) is 0 Å². The summed E-state index contributed by atoms with van der Waals surface area (Å²) in [6, 6.07) is 7.89. The molecule has 1 aromatic heterocycles. The lowest BCUT2D eigenvalue weighted by molar-refractivity contribution is -0.118. The highest BCUT2D eigenvalue weighted by Crippen LogP contribution is 2.35. The fourth-order valence-electron chi connectivity index (χ4n) is 3.40. The smallest absolute Gasteiger partial charge is 0.312 e. The second-order valence-electron chi connectivity index (χ2n) is 6.34. The van der Waals surface area contributed by atoms with E-state index in [1.165, 1.54) is 0 Å². The summed E-state index contributed by atoms with van der Waals surface area (Å²) >= 11 is 0. The summed E-state index contributed by atoms with van der Waals surface area (Å²) in [5.41, 5.74) is 3.53. The first-order valence-electron chi connectivity index (χ1n) is 8.12. The van der Waals surface area contributed by atoms with E-state index in [1.807, 2.05) is 24.3 Å². The van der Waals surface area contributed by atoms with Crippen molar-refractivity contribution in [3.05, 3.63) is 46.8 Å². The lowest BCUT2D eigenvalue weighted by Gasteiger charge is -2.33. The van der Waals surface area contributed by atoms with Crippen LogP contribution >= 0.6 is 0 Å². The average molecular weight is 333 g/mol. The van der Waals surface area contributed by atoms with Crippen molar-refractivity contribution in [1.82, 2.24) is 9.78 Å². The lowest BCUT2D eigenvalue weighted by Crippen LogP contribution is -2.37. The Morgan fingerprint density at radius 1 is 1.33 bits per heavy atom. The summed E-state index contributed by atoms with van der Waals surface area (Å²) < 4.78 is 26.6. The molecule has 1 aromatic carbocycles. The highest BCUT2D eigenvalue weighted by atomic mass is 19.3. The molecule has 1 atom stereocenters. The lowest BCUT2D eigenvalue weighted by atomic mass is 9.91. The van der Waals surface area contributed by atoms with Gasteiger partial charge in [0.15, 0.2) is 0 Å². The molecule has 2 aromatic rings. The number of aryl methyl sites for hydroxylation is 1. The molecule has 0 fully saturated rings. The predicted molar refractivity (Wildman–Crippen MR) is 88.5 cm³/mol. The Morgan fingerprint density at radius 2 is 2.04 bits per heavy atom. The van der Waals surface area contributed by atoms with Crippen LogP contribution in [0.5, 0.6) is 0 Å². The van der Waals surface area contributed by atoms with Crippen LogP contribution in [0.3, 0.4) is 0 Å². The van der Waals surface area contributed by atoms with Crippen LogP contribution in [-0.2, 0) is 11.2 Å². The number of benzene rings is 1. The van der Waals surface area contributed by atoms with Crippen LogP contribution in [0.25, 0.3) is 0 Å². The van der Waals surface area contributed by atoms with Crippen molar-refractivity contribution < 1.29 is 13.6 Å². The van der Waals surface area contributed by atoms with E-state index in [1.54, 1.807) is 18.7 Å². The fourth-order valence-corrected chi connectivity index (χ4v) is 3.40. The van der Waals surface area contributed by atoms with Gasteiger partial charge in [-0.1, -0.05) is 25.1 Å². The highest BCUT2D eigenvalue weighted by Gasteiger charge is 2.28. The molecule has 1 amide bonds. The number of alkyl halides is 2. The molecule has 0 aliphatic carbocycles. The molecule has 3 rings (SSSR count). The molecule has 24 heavy (non-hydrogen) atoms. The number of nitrogens with zero attached hydrogens (tertiary/aromatic N) is 3. The first-order valence-corrected chi connectivity index (χ1v) is 8.12. The fraction of sp³-hybridized carbons (Fsp3) is 0.444. The second kappa shape index (κ2) is 6.34. The van der Waals surface area contributed by atoms with Crippen molar-refractivity contribution in [2.75, 3.05) is 11.4 Å². The van der Waals surface area contributed by atoms with E-state index in [0.29, 0.717) is 34.1 Å². The molecule has 1 aliphatic heterocycles. The summed E-state index contributed by atoms with van der Waals surface area (Å²) in [7, 11) is 0. The number of anilines is 1. The van der Waals surface area contributed by atoms with Crippen LogP contribution in [0.15, 0.2) is 24.3 Å². The SMILES string of the molecule is Cc1nn(C(F)F)c(C)c1CC(=O)N1CCC(C)c2ccccc21. The number of hydrogen-bond acceptors (Lipinski definition) is 2. The Balaban J connectivity index is 1.88. The van der Waals surface area contributed by atoms with Crippen molar-refractivity contribution in [3.8, 4) is 0 Å². The minimum atomic E-state index is -2.69. The van der Waals surface area contributed by atoms with Crippen LogP contribution in [-0.4, -0.2) is 22.2 Å². The van der Waals surface area contributed by atoms with E-state index in [4.69, 9.17) is 0 Å². The van der Waals surface area contributed by atoms with Crippen LogP contribution in [0, 0.1) is 13.8 Å². The van der Waals surface area contributed by atoms with Gasteiger partial charge in [0.25, 0.3) is 0 Å². The Labute approximate surface area is 140 Å². The molecule has 0 spiro atoms. The molecule has 1 unspecified atom stereocenters. The van der Waals surface area contributed by atoms with Crippen molar-refractivity contribution in [2.45, 2.75) is 46.1 Å². The number of aromatic nitrogens is 2. The summed E-state index contributed by atoms with van der Waals surface area (Å²) in [6.45, 7) is 3.37. The highest BCUT2D eigenvalue weighted by molar-refractivity contribution is 5.96. The van der Waals surface area contributed by atoms with Gasteiger partial charge < -0.3 is 4.90 Å². The summed E-state index contributed by atoms with van der Waals surface area (Å²) in [5, 5.41) is 3.86. The summed E-state index contributed by atoms with van der Waals surface area (Å²) in [5.74, 6) is 0.338. The normalized spacial score (nSPS) is 17.2. The molecule has 4 nitrogen and oxygen atoms in total. The number of carbonyl (C=O) groups excluding carboxylic acids is 1. The van der Waals surface area contributed by atoms with Gasteiger partial charge in [0.05, 0.1) is 12.1 Å². The number of para-hydroxylation sites is 1. The Bertz CT molecular complexity index is 770. The molecule has 0 bridgehead atoms. The zero-order chi connectivity index (χ0) is 17.4. The number of amides is 1. The van der Waals surface area contributed by atoms with Crippen LogP contribution in [0.2, 0.25) is 0 Å². The molecular formula is C18H21F2N3O. The van der Waals surface area contributed by atoms with Gasteiger partial charge in [-0.2, -0.15) is 13.9 Å². The number of carbonyl (C=O) groups is 1. The zero-order valence-electron chi connectivity index (χ0n) is 14.1. The summed E-state index contributed by atoms with van der Waals surface area (Å²) in [6.07, 6.45) is 0.990. The first kappa shape index (κ1) is 16.6. The van der Waals surface area contributed by atoms with Crippen LogP contribution in [0.1, 0.15) is 48.3 Å². The van der Waals surface area contributed by atoms with Gasteiger partial charge in [-0.25, -0.2) is 4.68 Å². The van der Waals surface area contributed by atoms with Gasteiger partial charge in [-0.15, -0.1) is 0 Å². The third-order valence-electron chi connectivity index (χ3n) is 4.83. The van der Waals surface area contributed by atoms with Gasteiger partial charge in [-0.3, -0.25) is 4.79 Å². The maximum Gasteiger partial charge on any atom is 0.333 e. The second-order valence-corrected chi connectivity index (χ2v) is 6.34. The van der Waals surface area contributed by atoms with Crippen molar-refractivity contribution in [3.63, 3.8) is 0 Å². The Hall–Kier alpha value is -2.24. The van der Waals surface area contributed by atoms with Crippen LogP contribution < -0.4 is 4.90 Å². The van der Waals surface area contributed by atoms with E-state index in [2.05, 4.69) is 12.0 Å². The monoisotopic (exact) mass is 333 g/mol. The molecule has 0 saturated heterocycles. The average Bonchev–Trinajstić information content (AvgIpc) is 2.83. The van der Waals surface area contributed by atoms with E-state index in [0.717, 1.165) is 17.7 Å². The number of fused-ring (bicyclic) bond motifs is 1. The quantitative estimate of drug-likeness (QED) is 0.852. The molecule has 128 valence electrons.